The first-order chi connectivity index (χ1) is 12.2. The topological polar surface area (TPSA) is 70.8 Å². The van der Waals surface area contributed by atoms with Gasteiger partial charge in [-0.1, -0.05) is 49.3 Å². The van der Waals surface area contributed by atoms with Gasteiger partial charge in [-0.2, -0.15) is 4.98 Å². The quantitative estimate of drug-likeness (QED) is 0.780. The third-order valence-corrected chi connectivity index (χ3v) is 4.71. The fraction of sp³-hybridized carbons (Fsp3) is 0.421. The molecule has 1 aliphatic rings. The fourth-order valence-corrected chi connectivity index (χ4v) is 3.27. The van der Waals surface area contributed by atoms with Crippen LogP contribution in [-0.4, -0.2) is 33.2 Å². The summed E-state index contributed by atoms with van der Waals surface area (Å²) in [6, 6.07) is 10.9. The minimum Gasteiger partial charge on any atom is -0.342 e. The lowest BCUT2D eigenvalue weighted by molar-refractivity contribution is 0.384. The van der Waals surface area contributed by atoms with Gasteiger partial charge in [-0.05, 0) is 18.4 Å². The van der Waals surface area contributed by atoms with E-state index in [1.807, 2.05) is 24.4 Å². The number of benzene rings is 1. The Hall–Kier alpha value is -2.63. The van der Waals surface area contributed by atoms with Crippen LogP contribution in [0.25, 0.3) is 11.3 Å². The number of anilines is 1. The predicted octanol–water partition coefficient (Wildman–Crippen LogP) is 3.97. The van der Waals surface area contributed by atoms with Crippen molar-refractivity contribution in [2.45, 2.75) is 38.5 Å². The summed E-state index contributed by atoms with van der Waals surface area (Å²) in [5.74, 6) is 2.42. The van der Waals surface area contributed by atoms with Gasteiger partial charge >= 0.3 is 6.01 Å². The molecule has 1 aliphatic heterocycles. The van der Waals surface area contributed by atoms with E-state index in [4.69, 9.17) is 4.52 Å². The molecule has 1 N–H and O–H groups in total. The Labute approximate surface area is 147 Å². The number of aromatic nitrogens is 4. The molecule has 1 unspecified atom stereocenters. The summed E-state index contributed by atoms with van der Waals surface area (Å²) in [7, 11) is 0. The van der Waals surface area contributed by atoms with Gasteiger partial charge in [0.15, 0.2) is 5.82 Å². The highest BCUT2D eigenvalue weighted by atomic mass is 16.5. The molecule has 1 fully saturated rings. The molecule has 0 radical (unpaired) electrons. The second-order valence-corrected chi connectivity index (χ2v) is 6.92. The molecule has 3 aromatic rings. The minimum atomic E-state index is 0.275. The van der Waals surface area contributed by atoms with Crippen LogP contribution < -0.4 is 4.90 Å². The molecule has 0 spiro atoms. The molecule has 1 aromatic carbocycles. The van der Waals surface area contributed by atoms with Gasteiger partial charge in [-0.3, -0.25) is 0 Å². The standard InChI is InChI=1S/C19H23N5O/c1-13(2)17-22-19(25-23-17)24-10-6-9-15(12-24)18-20-11-16(21-18)14-7-4-3-5-8-14/h3-5,7-8,11,13,15H,6,9-10,12H2,1-2H3,(H,20,21). The summed E-state index contributed by atoms with van der Waals surface area (Å²) in [6.07, 6.45) is 4.13. The zero-order valence-electron chi connectivity index (χ0n) is 14.6. The van der Waals surface area contributed by atoms with Crippen LogP contribution in [0.3, 0.4) is 0 Å². The monoisotopic (exact) mass is 337 g/mol. The van der Waals surface area contributed by atoms with E-state index in [1.165, 1.54) is 0 Å². The Morgan fingerprint density at radius 1 is 1.24 bits per heavy atom. The Balaban J connectivity index is 1.50. The third-order valence-electron chi connectivity index (χ3n) is 4.71. The van der Waals surface area contributed by atoms with Crippen molar-refractivity contribution >= 4 is 6.01 Å². The Morgan fingerprint density at radius 2 is 2.08 bits per heavy atom. The molecule has 6 heteroatoms. The van der Waals surface area contributed by atoms with Gasteiger partial charge in [-0.15, -0.1) is 0 Å². The molecule has 1 atom stereocenters. The van der Waals surface area contributed by atoms with Crippen molar-refractivity contribution in [1.29, 1.82) is 0 Å². The Morgan fingerprint density at radius 3 is 2.84 bits per heavy atom. The van der Waals surface area contributed by atoms with Crippen LogP contribution in [0.15, 0.2) is 41.1 Å². The van der Waals surface area contributed by atoms with Gasteiger partial charge in [-0.25, -0.2) is 4.98 Å². The van der Waals surface area contributed by atoms with Crippen LogP contribution in [0, 0.1) is 0 Å². The van der Waals surface area contributed by atoms with E-state index in [0.717, 1.165) is 48.8 Å². The molecule has 0 bridgehead atoms. The van der Waals surface area contributed by atoms with Crippen molar-refractivity contribution in [1.82, 2.24) is 20.1 Å². The first-order valence-corrected chi connectivity index (χ1v) is 8.89. The number of imidazole rings is 1. The zero-order chi connectivity index (χ0) is 17.2. The second-order valence-electron chi connectivity index (χ2n) is 6.92. The van der Waals surface area contributed by atoms with Crippen LogP contribution in [0.4, 0.5) is 6.01 Å². The van der Waals surface area contributed by atoms with Gasteiger partial charge in [0.25, 0.3) is 0 Å². The molecule has 6 nitrogen and oxygen atoms in total. The molecular formula is C19H23N5O. The van der Waals surface area contributed by atoms with Gasteiger partial charge < -0.3 is 14.4 Å². The smallest absolute Gasteiger partial charge is 0.324 e. The van der Waals surface area contributed by atoms with Crippen LogP contribution >= 0.6 is 0 Å². The molecule has 25 heavy (non-hydrogen) atoms. The van der Waals surface area contributed by atoms with Gasteiger partial charge in [0.05, 0.1) is 11.9 Å². The van der Waals surface area contributed by atoms with Crippen molar-refractivity contribution < 1.29 is 4.52 Å². The van der Waals surface area contributed by atoms with Crippen molar-refractivity contribution in [2.24, 2.45) is 0 Å². The van der Waals surface area contributed by atoms with Crippen molar-refractivity contribution in [2.75, 3.05) is 18.0 Å². The number of nitrogens with one attached hydrogen (secondary N) is 1. The average Bonchev–Trinajstić information content (AvgIpc) is 3.33. The number of hydrogen-bond donors (Lipinski definition) is 1. The van der Waals surface area contributed by atoms with Crippen molar-refractivity contribution in [3.05, 3.63) is 48.2 Å². The number of H-pyrrole nitrogens is 1. The summed E-state index contributed by atoms with van der Waals surface area (Å²) < 4.78 is 5.46. The SMILES string of the molecule is CC(C)c1noc(N2CCCC(c3ncc(-c4ccccc4)[nH]3)C2)n1. The van der Waals surface area contributed by atoms with Crippen LogP contribution in [0.2, 0.25) is 0 Å². The highest BCUT2D eigenvalue weighted by Gasteiger charge is 2.27. The highest BCUT2D eigenvalue weighted by molar-refractivity contribution is 5.58. The molecule has 0 aliphatic carbocycles. The van der Waals surface area contributed by atoms with Gasteiger partial charge in [0.2, 0.25) is 0 Å². The maximum Gasteiger partial charge on any atom is 0.324 e. The van der Waals surface area contributed by atoms with Gasteiger partial charge in [0.1, 0.15) is 5.82 Å². The minimum absolute atomic E-state index is 0.275. The maximum absolute atomic E-state index is 5.46. The first kappa shape index (κ1) is 15.9. The molecule has 0 amide bonds. The maximum atomic E-state index is 5.46. The molecule has 1 saturated heterocycles. The summed E-state index contributed by atoms with van der Waals surface area (Å²) in [4.78, 5) is 14.8. The predicted molar refractivity (Wildman–Crippen MR) is 96.6 cm³/mol. The normalized spacial score (nSPS) is 18.0. The number of hydrogen-bond acceptors (Lipinski definition) is 5. The van der Waals surface area contributed by atoms with Gasteiger partial charge in [0, 0.05) is 24.9 Å². The number of aromatic amines is 1. The first-order valence-electron chi connectivity index (χ1n) is 8.89. The van der Waals surface area contributed by atoms with Crippen molar-refractivity contribution in [3.63, 3.8) is 0 Å². The number of nitrogens with zero attached hydrogens (tertiary/aromatic N) is 4. The lowest BCUT2D eigenvalue weighted by atomic mass is 9.98. The van der Waals surface area contributed by atoms with E-state index in [-0.39, 0.29) is 5.92 Å². The number of piperidine rings is 1. The Kier molecular flexibility index (Phi) is 4.26. The number of rotatable bonds is 4. The molecular weight excluding hydrogens is 314 g/mol. The Bertz CT molecular complexity index is 823. The lowest BCUT2D eigenvalue weighted by Gasteiger charge is -2.30. The van der Waals surface area contributed by atoms with Crippen LogP contribution in [0.5, 0.6) is 0 Å². The average molecular weight is 337 g/mol. The summed E-state index contributed by atoms with van der Waals surface area (Å²) >= 11 is 0. The molecule has 0 saturated carbocycles. The van der Waals surface area contributed by atoms with E-state index >= 15 is 0 Å². The molecule has 2 aromatic heterocycles. The van der Waals surface area contributed by atoms with E-state index in [0.29, 0.717) is 11.9 Å². The van der Waals surface area contributed by atoms with Crippen LogP contribution in [-0.2, 0) is 0 Å². The summed E-state index contributed by atoms with van der Waals surface area (Å²) in [6.45, 7) is 5.94. The van der Waals surface area contributed by atoms with E-state index < -0.39 is 0 Å². The van der Waals surface area contributed by atoms with Crippen LogP contribution in [0.1, 0.15) is 50.2 Å². The molecule has 4 rings (SSSR count). The lowest BCUT2D eigenvalue weighted by Crippen LogP contribution is -2.35. The third kappa shape index (κ3) is 3.29. The van der Waals surface area contributed by atoms with E-state index in [9.17, 15) is 0 Å². The highest BCUT2D eigenvalue weighted by Crippen LogP contribution is 2.29. The van der Waals surface area contributed by atoms with E-state index in [1.54, 1.807) is 0 Å². The summed E-state index contributed by atoms with van der Waals surface area (Å²) in [5, 5.41) is 4.08. The largest absolute Gasteiger partial charge is 0.342 e. The van der Waals surface area contributed by atoms with Crippen molar-refractivity contribution in [3.8, 4) is 11.3 Å². The molecule has 130 valence electrons. The molecule has 3 heterocycles. The zero-order valence-corrected chi connectivity index (χ0v) is 14.6. The summed E-state index contributed by atoms with van der Waals surface area (Å²) in [5.41, 5.74) is 2.22. The fourth-order valence-electron chi connectivity index (χ4n) is 3.27. The second kappa shape index (κ2) is 6.70. The van der Waals surface area contributed by atoms with E-state index in [2.05, 4.69) is 51.0 Å².